The van der Waals surface area contributed by atoms with Crippen LogP contribution in [-0.2, 0) is 0 Å². The van der Waals surface area contributed by atoms with Gasteiger partial charge < -0.3 is 5.32 Å². The number of halogens is 3. The SMILES string of the molecule is N#Cc1ccccc1Nc1cc(F)c(F)cc1F. The van der Waals surface area contributed by atoms with E-state index < -0.39 is 17.5 Å². The van der Waals surface area contributed by atoms with Gasteiger partial charge in [-0.3, -0.25) is 0 Å². The van der Waals surface area contributed by atoms with Crippen molar-refractivity contribution in [3.63, 3.8) is 0 Å². The number of hydrogen-bond donors (Lipinski definition) is 1. The molecule has 0 spiro atoms. The van der Waals surface area contributed by atoms with Crippen LogP contribution in [0.2, 0.25) is 0 Å². The molecule has 90 valence electrons. The van der Waals surface area contributed by atoms with Gasteiger partial charge in [0.25, 0.3) is 0 Å². The van der Waals surface area contributed by atoms with Crippen molar-refractivity contribution < 1.29 is 13.2 Å². The first-order chi connectivity index (χ1) is 8.61. The van der Waals surface area contributed by atoms with Crippen molar-refractivity contribution in [2.75, 3.05) is 5.32 Å². The van der Waals surface area contributed by atoms with E-state index in [0.717, 1.165) is 0 Å². The number of benzene rings is 2. The molecule has 0 aromatic heterocycles. The van der Waals surface area contributed by atoms with Crippen LogP contribution in [0.1, 0.15) is 5.56 Å². The van der Waals surface area contributed by atoms with Crippen LogP contribution in [0.4, 0.5) is 24.5 Å². The van der Waals surface area contributed by atoms with Crippen LogP contribution in [0.5, 0.6) is 0 Å². The van der Waals surface area contributed by atoms with E-state index >= 15 is 0 Å². The Morgan fingerprint density at radius 1 is 0.889 bits per heavy atom. The Morgan fingerprint density at radius 3 is 2.28 bits per heavy atom. The second-order valence-electron chi connectivity index (χ2n) is 3.53. The minimum Gasteiger partial charge on any atom is -0.352 e. The fourth-order valence-corrected chi connectivity index (χ4v) is 1.45. The fraction of sp³-hybridized carbons (Fsp3) is 0. The van der Waals surface area contributed by atoms with Crippen LogP contribution < -0.4 is 5.32 Å². The Bertz CT molecular complexity index is 633. The lowest BCUT2D eigenvalue weighted by molar-refractivity contribution is 0.496. The van der Waals surface area contributed by atoms with Crippen LogP contribution in [0.25, 0.3) is 0 Å². The number of hydrogen-bond acceptors (Lipinski definition) is 2. The summed E-state index contributed by atoms with van der Waals surface area (Å²) in [6.45, 7) is 0. The Balaban J connectivity index is 2.41. The summed E-state index contributed by atoms with van der Waals surface area (Å²) in [7, 11) is 0. The second kappa shape index (κ2) is 4.80. The lowest BCUT2D eigenvalue weighted by Crippen LogP contribution is -1.98. The van der Waals surface area contributed by atoms with E-state index in [-0.39, 0.29) is 11.3 Å². The molecular formula is C13H7F3N2. The zero-order valence-corrected chi connectivity index (χ0v) is 9.05. The maximum atomic E-state index is 13.4. The number of para-hydroxylation sites is 1. The molecule has 0 saturated heterocycles. The molecule has 2 rings (SSSR count). The average molecular weight is 248 g/mol. The van der Waals surface area contributed by atoms with Gasteiger partial charge in [-0.2, -0.15) is 5.26 Å². The highest BCUT2D eigenvalue weighted by molar-refractivity contribution is 5.66. The van der Waals surface area contributed by atoms with Gasteiger partial charge in [-0.05, 0) is 12.1 Å². The largest absolute Gasteiger partial charge is 0.352 e. The molecule has 0 radical (unpaired) electrons. The Labute approximate surface area is 101 Å². The van der Waals surface area contributed by atoms with Crippen molar-refractivity contribution in [2.24, 2.45) is 0 Å². The zero-order valence-electron chi connectivity index (χ0n) is 9.05. The number of nitriles is 1. The fourth-order valence-electron chi connectivity index (χ4n) is 1.45. The first-order valence-electron chi connectivity index (χ1n) is 5.02. The van der Waals surface area contributed by atoms with Crippen molar-refractivity contribution in [1.82, 2.24) is 0 Å². The van der Waals surface area contributed by atoms with Gasteiger partial charge in [0, 0.05) is 12.1 Å². The summed E-state index contributed by atoms with van der Waals surface area (Å²) in [5.74, 6) is -3.35. The van der Waals surface area contributed by atoms with E-state index in [1.807, 2.05) is 6.07 Å². The number of anilines is 2. The summed E-state index contributed by atoms with van der Waals surface area (Å²) >= 11 is 0. The summed E-state index contributed by atoms with van der Waals surface area (Å²) in [6.07, 6.45) is 0. The van der Waals surface area contributed by atoms with Gasteiger partial charge in [0.1, 0.15) is 11.9 Å². The van der Waals surface area contributed by atoms with Crippen LogP contribution in [0.15, 0.2) is 36.4 Å². The third-order valence-electron chi connectivity index (χ3n) is 2.33. The molecule has 0 amide bonds. The predicted molar refractivity (Wildman–Crippen MR) is 60.8 cm³/mol. The van der Waals surface area contributed by atoms with E-state index in [4.69, 9.17) is 5.26 Å². The summed E-state index contributed by atoms with van der Waals surface area (Å²) in [5.41, 5.74) is 0.378. The number of nitrogens with zero attached hydrogens (tertiary/aromatic N) is 1. The third-order valence-corrected chi connectivity index (χ3v) is 2.33. The minimum absolute atomic E-state index is 0.225. The topological polar surface area (TPSA) is 35.8 Å². The van der Waals surface area contributed by atoms with Gasteiger partial charge in [0.15, 0.2) is 11.6 Å². The van der Waals surface area contributed by atoms with Crippen molar-refractivity contribution in [3.05, 3.63) is 59.4 Å². The van der Waals surface area contributed by atoms with E-state index in [2.05, 4.69) is 5.32 Å². The molecule has 0 bridgehead atoms. The molecule has 0 aliphatic heterocycles. The quantitative estimate of drug-likeness (QED) is 0.822. The van der Waals surface area contributed by atoms with Crippen LogP contribution >= 0.6 is 0 Å². The lowest BCUT2D eigenvalue weighted by Gasteiger charge is -2.09. The maximum absolute atomic E-state index is 13.4. The Hall–Kier alpha value is -2.48. The van der Waals surface area contributed by atoms with E-state index in [0.29, 0.717) is 17.8 Å². The van der Waals surface area contributed by atoms with E-state index in [1.165, 1.54) is 6.07 Å². The summed E-state index contributed by atoms with van der Waals surface area (Å²) in [6, 6.07) is 9.42. The highest BCUT2D eigenvalue weighted by atomic mass is 19.2. The van der Waals surface area contributed by atoms with Gasteiger partial charge in [-0.1, -0.05) is 12.1 Å². The maximum Gasteiger partial charge on any atom is 0.161 e. The van der Waals surface area contributed by atoms with Crippen LogP contribution in [0, 0.1) is 28.8 Å². The third kappa shape index (κ3) is 2.28. The van der Waals surface area contributed by atoms with Crippen molar-refractivity contribution in [1.29, 1.82) is 5.26 Å². The van der Waals surface area contributed by atoms with Crippen molar-refractivity contribution >= 4 is 11.4 Å². The summed E-state index contributed by atoms with van der Waals surface area (Å²) in [4.78, 5) is 0. The standard InChI is InChI=1S/C13H7F3N2/c14-9-5-11(16)13(6-10(9)15)18-12-4-2-1-3-8(12)7-17/h1-6,18H. The molecule has 0 aliphatic rings. The molecule has 0 aliphatic carbocycles. The predicted octanol–water partition coefficient (Wildman–Crippen LogP) is 3.72. The molecule has 0 heterocycles. The highest BCUT2D eigenvalue weighted by Gasteiger charge is 2.11. The number of rotatable bonds is 2. The van der Waals surface area contributed by atoms with E-state index in [1.54, 1.807) is 18.2 Å². The molecular weight excluding hydrogens is 241 g/mol. The Morgan fingerprint density at radius 2 is 1.56 bits per heavy atom. The average Bonchev–Trinajstić information content (AvgIpc) is 2.36. The molecule has 2 aromatic carbocycles. The molecule has 2 nitrogen and oxygen atoms in total. The van der Waals surface area contributed by atoms with Crippen molar-refractivity contribution in [3.8, 4) is 6.07 Å². The molecule has 0 fully saturated rings. The summed E-state index contributed by atoms with van der Waals surface area (Å²) in [5, 5.41) is 11.4. The molecule has 0 saturated carbocycles. The van der Waals surface area contributed by atoms with E-state index in [9.17, 15) is 13.2 Å². The summed E-state index contributed by atoms with van der Waals surface area (Å²) < 4.78 is 39.1. The van der Waals surface area contributed by atoms with Crippen molar-refractivity contribution in [2.45, 2.75) is 0 Å². The molecule has 1 N–H and O–H groups in total. The Kier molecular flexibility index (Phi) is 3.20. The molecule has 5 heteroatoms. The van der Waals surface area contributed by atoms with Crippen LogP contribution in [0.3, 0.4) is 0 Å². The van der Waals surface area contributed by atoms with Crippen LogP contribution in [-0.4, -0.2) is 0 Å². The smallest absolute Gasteiger partial charge is 0.161 e. The first-order valence-corrected chi connectivity index (χ1v) is 5.02. The molecule has 2 aromatic rings. The second-order valence-corrected chi connectivity index (χ2v) is 3.53. The molecule has 0 atom stereocenters. The van der Waals surface area contributed by atoms with Gasteiger partial charge in [-0.25, -0.2) is 13.2 Å². The minimum atomic E-state index is -1.26. The lowest BCUT2D eigenvalue weighted by atomic mass is 10.2. The van der Waals surface area contributed by atoms with Gasteiger partial charge >= 0.3 is 0 Å². The first kappa shape index (κ1) is 12.0. The van der Waals surface area contributed by atoms with Gasteiger partial charge in [0.2, 0.25) is 0 Å². The number of nitrogens with one attached hydrogen (secondary N) is 1. The monoisotopic (exact) mass is 248 g/mol. The van der Waals surface area contributed by atoms with Gasteiger partial charge in [-0.15, -0.1) is 0 Å². The molecule has 18 heavy (non-hydrogen) atoms. The molecule has 0 unspecified atom stereocenters. The van der Waals surface area contributed by atoms with Gasteiger partial charge in [0.05, 0.1) is 16.9 Å². The normalized spacial score (nSPS) is 9.89. The zero-order chi connectivity index (χ0) is 13.1. The highest BCUT2D eigenvalue weighted by Crippen LogP contribution is 2.24.